The third-order valence-electron chi connectivity index (χ3n) is 2.68. The van der Waals surface area contributed by atoms with Crippen LogP contribution in [-0.4, -0.2) is 49.3 Å². The average molecular weight is 242 g/mol. The molecule has 2 rings (SSSR count). The summed E-state index contributed by atoms with van der Waals surface area (Å²) < 4.78 is 15.3. The zero-order chi connectivity index (χ0) is 12.5. The minimum absolute atomic E-state index is 0.0658. The van der Waals surface area contributed by atoms with Crippen molar-refractivity contribution in [3.63, 3.8) is 0 Å². The lowest BCUT2D eigenvalue weighted by Gasteiger charge is -2.27. The number of carbonyl (C=O) groups excluding carboxylic acids is 2. The molecule has 2 N–H and O–H groups in total. The summed E-state index contributed by atoms with van der Waals surface area (Å²) in [5, 5.41) is 10.2. The third kappa shape index (κ3) is 1.95. The van der Waals surface area contributed by atoms with Crippen molar-refractivity contribution >= 4 is 11.8 Å². The number of aromatic nitrogens is 4. The first kappa shape index (κ1) is 11.4. The van der Waals surface area contributed by atoms with Gasteiger partial charge in [0.2, 0.25) is 5.91 Å². The van der Waals surface area contributed by atoms with E-state index in [0.29, 0.717) is 6.42 Å². The van der Waals surface area contributed by atoms with Crippen LogP contribution in [0.3, 0.4) is 0 Å². The lowest BCUT2D eigenvalue weighted by Crippen LogP contribution is -2.53. The Morgan fingerprint density at radius 1 is 1.53 bits per heavy atom. The Bertz CT molecular complexity index is 435. The number of carbonyl (C=O) groups is 2. The highest BCUT2D eigenvalue weighted by Crippen LogP contribution is 2.30. The van der Waals surface area contributed by atoms with E-state index in [1.54, 1.807) is 0 Å². The van der Waals surface area contributed by atoms with E-state index in [9.17, 15) is 14.0 Å². The number of hydrogen-bond acceptors (Lipinski definition) is 5. The van der Waals surface area contributed by atoms with Crippen LogP contribution >= 0.6 is 0 Å². The number of hydrogen-bond donors (Lipinski definition) is 1. The Labute approximate surface area is 95.6 Å². The van der Waals surface area contributed by atoms with Crippen LogP contribution in [0.2, 0.25) is 0 Å². The van der Waals surface area contributed by atoms with Crippen molar-refractivity contribution in [1.29, 1.82) is 0 Å². The molecule has 2 amide bonds. The van der Waals surface area contributed by atoms with Crippen LogP contribution in [0.25, 0.3) is 0 Å². The van der Waals surface area contributed by atoms with Crippen LogP contribution < -0.4 is 5.73 Å². The van der Waals surface area contributed by atoms with Gasteiger partial charge in [0.15, 0.2) is 0 Å². The molecular weight excluding hydrogens is 231 g/mol. The molecule has 0 aromatic carbocycles. The molecular formula is C8H11FN6O2. The molecule has 0 radical (unpaired) electrons. The topological polar surface area (TPSA) is 107 Å². The Morgan fingerprint density at radius 2 is 2.29 bits per heavy atom. The first-order valence-electron chi connectivity index (χ1n) is 5.04. The van der Waals surface area contributed by atoms with Crippen molar-refractivity contribution in [3.05, 3.63) is 6.33 Å². The second-order valence-corrected chi connectivity index (χ2v) is 3.78. The monoisotopic (exact) mass is 242 g/mol. The van der Waals surface area contributed by atoms with Gasteiger partial charge in [0.05, 0.1) is 0 Å². The number of nitrogens with zero attached hydrogens (tertiary/aromatic N) is 5. The van der Waals surface area contributed by atoms with Gasteiger partial charge in [-0.2, -0.15) is 0 Å². The molecule has 2 heterocycles. The smallest absolute Gasteiger partial charge is 0.276 e. The summed E-state index contributed by atoms with van der Waals surface area (Å²) in [6.07, 6.45) is 1.57. The summed E-state index contributed by atoms with van der Waals surface area (Å²) in [4.78, 5) is 23.7. The van der Waals surface area contributed by atoms with Gasteiger partial charge in [0, 0.05) is 13.0 Å². The maximum Gasteiger partial charge on any atom is 0.276 e. The van der Waals surface area contributed by atoms with Crippen LogP contribution in [-0.2, 0) is 16.1 Å². The number of amides is 2. The molecule has 1 aromatic heterocycles. The molecule has 1 aromatic rings. The average Bonchev–Trinajstić information content (AvgIpc) is 2.87. The third-order valence-corrected chi connectivity index (χ3v) is 2.68. The molecule has 8 nitrogen and oxygen atoms in total. The van der Waals surface area contributed by atoms with Gasteiger partial charge in [0.25, 0.3) is 11.7 Å². The largest absolute Gasteiger partial charge is 0.365 e. The van der Waals surface area contributed by atoms with Gasteiger partial charge >= 0.3 is 0 Å². The summed E-state index contributed by atoms with van der Waals surface area (Å²) >= 11 is 0. The fraction of sp³-hybridized carbons (Fsp3) is 0.625. The van der Waals surface area contributed by atoms with Crippen molar-refractivity contribution in [1.82, 2.24) is 25.1 Å². The fourth-order valence-electron chi connectivity index (χ4n) is 1.84. The molecule has 1 atom stereocenters. The highest BCUT2D eigenvalue weighted by Gasteiger charge is 2.49. The van der Waals surface area contributed by atoms with Crippen molar-refractivity contribution in [2.45, 2.75) is 25.2 Å². The van der Waals surface area contributed by atoms with Gasteiger partial charge in [-0.3, -0.25) is 9.59 Å². The second-order valence-electron chi connectivity index (χ2n) is 3.78. The van der Waals surface area contributed by atoms with E-state index in [1.807, 2.05) is 0 Å². The van der Waals surface area contributed by atoms with Crippen LogP contribution in [0.1, 0.15) is 12.8 Å². The number of halogens is 1. The van der Waals surface area contributed by atoms with Crippen molar-refractivity contribution < 1.29 is 14.0 Å². The first-order chi connectivity index (χ1) is 8.04. The molecule has 0 bridgehead atoms. The van der Waals surface area contributed by atoms with E-state index in [-0.39, 0.29) is 19.5 Å². The molecule has 1 saturated heterocycles. The SMILES string of the molecule is NC(=O)C1(F)CCCN1C(=O)Cn1cnnn1. The molecule has 0 aliphatic carbocycles. The van der Waals surface area contributed by atoms with E-state index in [4.69, 9.17) is 5.73 Å². The van der Waals surface area contributed by atoms with E-state index < -0.39 is 17.6 Å². The summed E-state index contributed by atoms with van der Waals surface area (Å²) in [7, 11) is 0. The highest BCUT2D eigenvalue weighted by atomic mass is 19.1. The number of nitrogens with two attached hydrogens (primary N) is 1. The normalized spacial score (nSPS) is 23.9. The van der Waals surface area contributed by atoms with Gasteiger partial charge < -0.3 is 10.6 Å². The van der Waals surface area contributed by atoms with Gasteiger partial charge in [-0.05, 0) is 16.8 Å². The van der Waals surface area contributed by atoms with Crippen LogP contribution in [0, 0.1) is 0 Å². The molecule has 0 saturated carbocycles. The van der Waals surface area contributed by atoms with Gasteiger partial charge in [0.1, 0.15) is 12.9 Å². The highest BCUT2D eigenvalue weighted by molar-refractivity contribution is 5.89. The van der Waals surface area contributed by atoms with E-state index in [1.165, 1.54) is 6.33 Å². The number of primary amides is 1. The molecule has 1 aliphatic rings. The van der Waals surface area contributed by atoms with Gasteiger partial charge in [-0.25, -0.2) is 9.07 Å². The summed E-state index contributed by atoms with van der Waals surface area (Å²) in [6.45, 7) is -0.0493. The number of likely N-dealkylation sites (tertiary alicyclic amines) is 1. The Hall–Kier alpha value is -2.06. The van der Waals surface area contributed by atoms with Crippen LogP contribution in [0.5, 0.6) is 0 Å². The minimum atomic E-state index is -2.38. The maximum absolute atomic E-state index is 14.1. The number of rotatable bonds is 3. The molecule has 1 aliphatic heterocycles. The maximum atomic E-state index is 14.1. The first-order valence-corrected chi connectivity index (χ1v) is 5.04. The quantitative estimate of drug-likeness (QED) is 0.645. The van der Waals surface area contributed by atoms with Crippen molar-refractivity contribution in [2.24, 2.45) is 5.73 Å². The predicted molar refractivity (Wildman–Crippen MR) is 51.8 cm³/mol. The Kier molecular flexibility index (Phi) is 2.74. The Morgan fingerprint density at radius 3 is 2.88 bits per heavy atom. The molecule has 0 spiro atoms. The van der Waals surface area contributed by atoms with Crippen molar-refractivity contribution in [3.8, 4) is 0 Å². The summed E-state index contributed by atoms with van der Waals surface area (Å²) in [6, 6.07) is 0. The zero-order valence-corrected chi connectivity index (χ0v) is 8.91. The lowest BCUT2D eigenvalue weighted by molar-refractivity contribution is -0.154. The molecule has 1 unspecified atom stereocenters. The lowest BCUT2D eigenvalue weighted by atomic mass is 10.1. The number of tetrazole rings is 1. The minimum Gasteiger partial charge on any atom is -0.365 e. The standard InChI is InChI=1S/C8H11FN6O2/c9-8(7(10)17)2-1-3-15(8)6(16)4-14-5-11-12-13-14/h5H,1-4H2,(H2,10,17). The zero-order valence-electron chi connectivity index (χ0n) is 8.91. The van der Waals surface area contributed by atoms with Gasteiger partial charge in [-0.1, -0.05) is 0 Å². The molecule has 1 fully saturated rings. The summed E-state index contributed by atoms with van der Waals surface area (Å²) in [5.74, 6) is -4.10. The number of alkyl halides is 1. The van der Waals surface area contributed by atoms with E-state index in [0.717, 1.165) is 9.58 Å². The van der Waals surface area contributed by atoms with Crippen molar-refractivity contribution in [2.75, 3.05) is 6.54 Å². The summed E-state index contributed by atoms with van der Waals surface area (Å²) in [5.41, 5.74) is 4.98. The van der Waals surface area contributed by atoms with Gasteiger partial charge in [-0.15, -0.1) is 5.10 Å². The van der Waals surface area contributed by atoms with Crippen LogP contribution in [0.15, 0.2) is 6.33 Å². The van der Waals surface area contributed by atoms with Crippen LogP contribution in [0.4, 0.5) is 4.39 Å². The second kappa shape index (κ2) is 4.07. The fourth-order valence-corrected chi connectivity index (χ4v) is 1.84. The molecule has 9 heteroatoms. The predicted octanol–water partition coefficient (Wildman–Crippen LogP) is -1.55. The van der Waals surface area contributed by atoms with E-state index in [2.05, 4.69) is 15.5 Å². The molecule has 92 valence electrons. The Balaban J connectivity index is 2.11. The molecule has 17 heavy (non-hydrogen) atoms. The van der Waals surface area contributed by atoms with E-state index >= 15 is 0 Å².